The van der Waals surface area contributed by atoms with Gasteiger partial charge in [-0.2, -0.15) is 0 Å². The third-order valence-electron chi connectivity index (χ3n) is 3.66. The van der Waals surface area contributed by atoms with Crippen LogP contribution in [0.5, 0.6) is 0 Å². The molecule has 1 aliphatic heterocycles. The zero-order chi connectivity index (χ0) is 15.1. The molecule has 1 aromatic carbocycles. The molecule has 1 amide bonds. The van der Waals surface area contributed by atoms with Crippen LogP contribution >= 0.6 is 0 Å². The van der Waals surface area contributed by atoms with Crippen molar-refractivity contribution in [3.63, 3.8) is 0 Å². The van der Waals surface area contributed by atoms with Crippen LogP contribution in [0.15, 0.2) is 36.9 Å². The van der Waals surface area contributed by atoms with E-state index in [1.54, 1.807) is 13.0 Å². The lowest BCUT2D eigenvalue weighted by Crippen LogP contribution is -2.27. The number of benzene rings is 1. The van der Waals surface area contributed by atoms with Gasteiger partial charge in [-0.15, -0.1) is 6.58 Å². The number of rotatable bonds is 7. The maximum absolute atomic E-state index is 11.9. The fraction of sp³-hybridized carbons (Fsp3) is 0.471. The second kappa shape index (κ2) is 7.96. The molecule has 1 saturated heterocycles. The van der Waals surface area contributed by atoms with Crippen molar-refractivity contribution in [3.8, 4) is 0 Å². The summed E-state index contributed by atoms with van der Waals surface area (Å²) in [7, 11) is 0. The highest BCUT2D eigenvalue weighted by Crippen LogP contribution is 2.15. The van der Waals surface area contributed by atoms with Gasteiger partial charge in [0, 0.05) is 12.2 Å². The Balaban J connectivity index is 1.83. The number of carbonyl (C=O) groups is 1. The molecule has 0 radical (unpaired) electrons. The third kappa shape index (κ3) is 4.99. The van der Waals surface area contributed by atoms with Gasteiger partial charge in [0.15, 0.2) is 0 Å². The number of anilines is 1. The van der Waals surface area contributed by atoms with E-state index in [2.05, 4.69) is 28.9 Å². The minimum absolute atomic E-state index is 0.135. The summed E-state index contributed by atoms with van der Waals surface area (Å²) in [6.07, 6.45) is 3.76. The van der Waals surface area contributed by atoms with E-state index < -0.39 is 6.10 Å². The van der Waals surface area contributed by atoms with Gasteiger partial charge in [-0.3, -0.25) is 9.69 Å². The summed E-state index contributed by atoms with van der Waals surface area (Å²) < 4.78 is 5.30. The summed E-state index contributed by atoms with van der Waals surface area (Å²) in [6.45, 7) is 9.06. The predicted molar refractivity (Wildman–Crippen MR) is 85.2 cm³/mol. The Labute approximate surface area is 126 Å². The first kappa shape index (κ1) is 15.7. The maximum Gasteiger partial charge on any atom is 0.253 e. The van der Waals surface area contributed by atoms with E-state index in [-0.39, 0.29) is 5.91 Å². The van der Waals surface area contributed by atoms with Crippen molar-refractivity contribution in [1.29, 1.82) is 0 Å². The first-order valence-corrected chi connectivity index (χ1v) is 7.53. The average Bonchev–Trinajstić information content (AvgIpc) is 2.99. The molecule has 0 saturated carbocycles. The van der Waals surface area contributed by atoms with E-state index in [1.807, 2.05) is 12.1 Å². The lowest BCUT2D eigenvalue weighted by molar-refractivity contribution is -0.125. The molecule has 0 bridgehead atoms. The molecule has 0 aliphatic carbocycles. The fourth-order valence-corrected chi connectivity index (χ4v) is 2.42. The number of nitrogens with one attached hydrogen (secondary N) is 1. The topological polar surface area (TPSA) is 41.6 Å². The van der Waals surface area contributed by atoms with E-state index in [4.69, 9.17) is 4.74 Å². The van der Waals surface area contributed by atoms with Crippen molar-refractivity contribution >= 4 is 11.6 Å². The Hall–Kier alpha value is -1.65. The molecule has 1 unspecified atom stereocenters. The van der Waals surface area contributed by atoms with Gasteiger partial charge in [0.05, 0.1) is 6.61 Å². The number of likely N-dealkylation sites (tertiary alicyclic amines) is 1. The number of carbonyl (C=O) groups excluding carboxylic acids is 1. The lowest BCUT2D eigenvalue weighted by atomic mass is 10.2. The summed E-state index contributed by atoms with van der Waals surface area (Å²) >= 11 is 0. The van der Waals surface area contributed by atoms with Crippen LogP contribution < -0.4 is 5.32 Å². The zero-order valence-corrected chi connectivity index (χ0v) is 12.7. The van der Waals surface area contributed by atoms with E-state index in [1.165, 1.54) is 31.5 Å². The van der Waals surface area contributed by atoms with E-state index >= 15 is 0 Å². The predicted octanol–water partition coefficient (Wildman–Crippen LogP) is 2.81. The zero-order valence-electron chi connectivity index (χ0n) is 12.7. The largest absolute Gasteiger partial charge is 0.365 e. The molecule has 21 heavy (non-hydrogen) atoms. The second-order valence-corrected chi connectivity index (χ2v) is 5.43. The van der Waals surface area contributed by atoms with Gasteiger partial charge in [-0.25, -0.2) is 0 Å². The Morgan fingerprint density at radius 1 is 1.38 bits per heavy atom. The van der Waals surface area contributed by atoms with E-state index in [9.17, 15) is 4.79 Å². The average molecular weight is 288 g/mol. The van der Waals surface area contributed by atoms with E-state index in [0.29, 0.717) is 6.61 Å². The molecule has 1 N–H and O–H groups in total. The Bertz CT molecular complexity index is 464. The molecule has 1 atom stereocenters. The smallest absolute Gasteiger partial charge is 0.253 e. The molecule has 2 rings (SSSR count). The second-order valence-electron chi connectivity index (χ2n) is 5.43. The van der Waals surface area contributed by atoms with Gasteiger partial charge in [-0.05, 0) is 50.6 Å². The standard InChI is InChI=1S/C17H24N2O2/c1-3-12-21-14(2)17(20)18-16-8-6-15(7-9-16)13-19-10-4-5-11-19/h3,6-9,14H,1,4-5,10-13H2,2H3,(H,18,20). The van der Waals surface area contributed by atoms with Gasteiger partial charge in [0.25, 0.3) is 5.91 Å². The van der Waals surface area contributed by atoms with Crippen LogP contribution in [0.3, 0.4) is 0 Å². The van der Waals surface area contributed by atoms with Crippen molar-refractivity contribution in [2.24, 2.45) is 0 Å². The molecule has 4 nitrogen and oxygen atoms in total. The van der Waals surface area contributed by atoms with Crippen LogP contribution in [0.4, 0.5) is 5.69 Å². The molecule has 114 valence electrons. The van der Waals surface area contributed by atoms with Crippen LogP contribution in [-0.2, 0) is 16.1 Å². The van der Waals surface area contributed by atoms with Crippen LogP contribution in [0.25, 0.3) is 0 Å². The Morgan fingerprint density at radius 3 is 2.67 bits per heavy atom. The number of ether oxygens (including phenoxy) is 1. The molecular weight excluding hydrogens is 264 g/mol. The maximum atomic E-state index is 11.9. The monoisotopic (exact) mass is 288 g/mol. The van der Waals surface area contributed by atoms with Gasteiger partial charge in [0.2, 0.25) is 0 Å². The van der Waals surface area contributed by atoms with Crippen molar-refractivity contribution in [2.45, 2.75) is 32.4 Å². The van der Waals surface area contributed by atoms with Crippen molar-refractivity contribution in [1.82, 2.24) is 4.90 Å². The van der Waals surface area contributed by atoms with Crippen molar-refractivity contribution in [3.05, 3.63) is 42.5 Å². The normalized spacial score (nSPS) is 16.6. The molecule has 0 spiro atoms. The van der Waals surface area contributed by atoms with E-state index in [0.717, 1.165) is 12.2 Å². The molecule has 1 aromatic rings. The van der Waals surface area contributed by atoms with Gasteiger partial charge < -0.3 is 10.1 Å². The van der Waals surface area contributed by atoms with Crippen LogP contribution in [0, 0.1) is 0 Å². The summed E-state index contributed by atoms with van der Waals surface area (Å²) in [5, 5.41) is 2.86. The van der Waals surface area contributed by atoms with Gasteiger partial charge in [0.1, 0.15) is 6.10 Å². The third-order valence-corrected chi connectivity index (χ3v) is 3.66. The Kier molecular flexibility index (Phi) is 5.96. The summed E-state index contributed by atoms with van der Waals surface area (Å²) in [5.74, 6) is -0.135. The number of nitrogens with zero attached hydrogens (tertiary/aromatic N) is 1. The number of hydrogen-bond donors (Lipinski definition) is 1. The van der Waals surface area contributed by atoms with Crippen LogP contribution in [0.1, 0.15) is 25.3 Å². The summed E-state index contributed by atoms with van der Waals surface area (Å²) in [4.78, 5) is 14.4. The first-order chi connectivity index (χ1) is 10.2. The van der Waals surface area contributed by atoms with Crippen molar-refractivity contribution < 1.29 is 9.53 Å². The number of hydrogen-bond acceptors (Lipinski definition) is 3. The quantitative estimate of drug-likeness (QED) is 0.784. The summed E-state index contributed by atoms with van der Waals surface area (Å²) in [6, 6.07) is 8.04. The fourth-order valence-electron chi connectivity index (χ4n) is 2.42. The minimum Gasteiger partial charge on any atom is -0.365 e. The molecule has 0 aromatic heterocycles. The molecule has 1 heterocycles. The molecular formula is C17H24N2O2. The van der Waals surface area contributed by atoms with Gasteiger partial charge in [-0.1, -0.05) is 18.2 Å². The number of amides is 1. The van der Waals surface area contributed by atoms with Crippen LogP contribution in [-0.4, -0.2) is 36.6 Å². The Morgan fingerprint density at radius 2 is 2.05 bits per heavy atom. The van der Waals surface area contributed by atoms with Gasteiger partial charge >= 0.3 is 0 Å². The highest BCUT2D eigenvalue weighted by molar-refractivity contribution is 5.93. The highest BCUT2D eigenvalue weighted by atomic mass is 16.5. The SMILES string of the molecule is C=CCOC(C)C(=O)Nc1ccc(CN2CCCC2)cc1. The molecule has 4 heteroatoms. The summed E-state index contributed by atoms with van der Waals surface area (Å²) in [5.41, 5.74) is 2.09. The minimum atomic E-state index is -0.479. The molecule has 1 aliphatic rings. The first-order valence-electron chi connectivity index (χ1n) is 7.53. The lowest BCUT2D eigenvalue weighted by Gasteiger charge is -2.15. The van der Waals surface area contributed by atoms with Crippen LogP contribution in [0.2, 0.25) is 0 Å². The highest BCUT2D eigenvalue weighted by Gasteiger charge is 2.14. The molecule has 1 fully saturated rings. The van der Waals surface area contributed by atoms with Crippen molar-refractivity contribution in [2.75, 3.05) is 25.0 Å².